The van der Waals surface area contributed by atoms with Crippen molar-refractivity contribution in [2.24, 2.45) is 5.41 Å². The zero-order valence-electron chi connectivity index (χ0n) is 18.2. The van der Waals surface area contributed by atoms with E-state index >= 15 is 0 Å². The Balaban J connectivity index is 1.29. The van der Waals surface area contributed by atoms with Gasteiger partial charge in [-0.3, -0.25) is 4.68 Å². The molecule has 2 aromatic heterocycles. The van der Waals surface area contributed by atoms with E-state index in [1.807, 2.05) is 37.8 Å². The summed E-state index contributed by atoms with van der Waals surface area (Å²) in [5, 5.41) is 14.2. The molecule has 1 amide bonds. The predicted octanol–water partition coefficient (Wildman–Crippen LogP) is 4.98. The van der Waals surface area contributed by atoms with Gasteiger partial charge in [-0.05, 0) is 81.3 Å². The third-order valence-corrected chi connectivity index (χ3v) is 7.54. The van der Waals surface area contributed by atoms with E-state index in [1.165, 1.54) is 9.26 Å². The first-order valence-electron chi connectivity index (χ1n) is 10.6. The van der Waals surface area contributed by atoms with Crippen LogP contribution in [0.25, 0.3) is 22.2 Å². The number of carbonyl (C=O) groups is 1. The number of amides is 1. The lowest BCUT2D eigenvalue weighted by Gasteiger charge is -2.58. The van der Waals surface area contributed by atoms with Crippen molar-refractivity contribution in [1.29, 1.82) is 0 Å². The highest BCUT2D eigenvalue weighted by molar-refractivity contribution is 14.1. The predicted molar refractivity (Wildman–Crippen MR) is 127 cm³/mol. The molecule has 1 aliphatic carbocycles. The normalized spacial score (nSPS) is 18.2. The number of halogens is 1. The van der Waals surface area contributed by atoms with Crippen molar-refractivity contribution in [3.63, 3.8) is 0 Å². The maximum absolute atomic E-state index is 12.2. The van der Waals surface area contributed by atoms with E-state index in [0.29, 0.717) is 6.04 Å². The Labute approximate surface area is 195 Å². The summed E-state index contributed by atoms with van der Waals surface area (Å²) in [6, 6.07) is 8.56. The van der Waals surface area contributed by atoms with Crippen LogP contribution in [0.4, 0.5) is 4.79 Å². The molecule has 0 N–H and O–H groups in total. The molecule has 1 aromatic carbocycles. The van der Waals surface area contributed by atoms with Gasteiger partial charge in [0.15, 0.2) is 0 Å². The van der Waals surface area contributed by atoms with E-state index in [4.69, 9.17) is 9.84 Å². The van der Waals surface area contributed by atoms with E-state index < -0.39 is 5.60 Å². The Morgan fingerprint density at radius 2 is 1.97 bits per heavy atom. The van der Waals surface area contributed by atoms with Crippen molar-refractivity contribution in [1.82, 2.24) is 24.9 Å². The van der Waals surface area contributed by atoms with Crippen LogP contribution in [0.3, 0.4) is 0 Å². The molecule has 3 aromatic rings. The highest BCUT2D eigenvalue weighted by atomic mass is 127. The molecule has 162 valence electrons. The third-order valence-electron chi connectivity index (χ3n) is 6.25. The molecule has 1 spiro atoms. The van der Waals surface area contributed by atoms with Crippen LogP contribution < -0.4 is 0 Å². The van der Waals surface area contributed by atoms with E-state index in [0.717, 1.165) is 48.1 Å². The second kappa shape index (κ2) is 7.15. The number of aromatic nitrogens is 4. The first-order chi connectivity index (χ1) is 14.6. The molecule has 5 rings (SSSR count). The fourth-order valence-electron chi connectivity index (χ4n) is 4.76. The SMILES string of the molecule is Cc1c(I)c(-c2ccc3nnccc3c2)nn1C1CC2(C1)CN(C(=O)OC(C)(C)C)C2. The van der Waals surface area contributed by atoms with Crippen molar-refractivity contribution >= 4 is 39.6 Å². The topological polar surface area (TPSA) is 73.1 Å². The smallest absolute Gasteiger partial charge is 0.410 e. The lowest BCUT2D eigenvalue weighted by molar-refractivity contribution is -0.0930. The number of likely N-dealkylation sites (tertiary alicyclic amines) is 1. The van der Waals surface area contributed by atoms with Gasteiger partial charge in [-0.25, -0.2) is 4.79 Å². The van der Waals surface area contributed by atoms with Crippen LogP contribution in [0.5, 0.6) is 0 Å². The van der Waals surface area contributed by atoms with Gasteiger partial charge in [0.05, 0.1) is 21.3 Å². The zero-order valence-corrected chi connectivity index (χ0v) is 20.4. The molecule has 2 aliphatic rings. The summed E-state index contributed by atoms with van der Waals surface area (Å²) in [6.07, 6.45) is 3.62. The van der Waals surface area contributed by atoms with E-state index in [9.17, 15) is 4.79 Å². The number of fused-ring (bicyclic) bond motifs is 1. The van der Waals surface area contributed by atoms with Crippen molar-refractivity contribution in [2.45, 2.75) is 52.2 Å². The number of carbonyl (C=O) groups excluding carboxylic acids is 1. The molecule has 1 saturated heterocycles. The third kappa shape index (κ3) is 3.68. The fourth-order valence-corrected chi connectivity index (χ4v) is 5.43. The van der Waals surface area contributed by atoms with E-state index in [-0.39, 0.29) is 11.5 Å². The molecule has 0 atom stereocenters. The van der Waals surface area contributed by atoms with Gasteiger partial charge in [-0.15, -0.1) is 0 Å². The molecule has 0 bridgehead atoms. The summed E-state index contributed by atoms with van der Waals surface area (Å²) in [5.74, 6) is 0. The molecule has 31 heavy (non-hydrogen) atoms. The lowest BCUT2D eigenvalue weighted by atomic mass is 9.61. The highest BCUT2D eigenvalue weighted by Gasteiger charge is 2.55. The van der Waals surface area contributed by atoms with Crippen LogP contribution in [0.2, 0.25) is 0 Å². The van der Waals surface area contributed by atoms with Crippen molar-refractivity contribution in [2.75, 3.05) is 13.1 Å². The van der Waals surface area contributed by atoms with Gasteiger partial charge in [0, 0.05) is 35.1 Å². The number of benzene rings is 1. The lowest BCUT2D eigenvalue weighted by Crippen LogP contribution is -2.64. The molecule has 0 radical (unpaired) electrons. The maximum atomic E-state index is 12.2. The zero-order chi connectivity index (χ0) is 22.0. The average molecular weight is 531 g/mol. The van der Waals surface area contributed by atoms with Crippen molar-refractivity contribution in [3.05, 3.63) is 39.7 Å². The summed E-state index contributed by atoms with van der Waals surface area (Å²) in [7, 11) is 0. The van der Waals surface area contributed by atoms with Gasteiger partial charge in [0.2, 0.25) is 0 Å². The number of hydrogen-bond donors (Lipinski definition) is 0. The molecule has 2 fully saturated rings. The monoisotopic (exact) mass is 531 g/mol. The fraction of sp³-hybridized carbons (Fsp3) is 0.478. The summed E-state index contributed by atoms with van der Waals surface area (Å²) >= 11 is 2.40. The molecule has 1 saturated carbocycles. The number of nitrogens with zero attached hydrogens (tertiary/aromatic N) is 5. The molecule has 3 heterocycles. The van der Waals surface area contributed by atoms with Gasteiger partial charge >= 0.3 is 6.09 Å². The van der Waals surface area contributed by atoms with Crippen LogP contribution in [0.15, 0.2) is 30.5 Å². The molecule has 7 nitrogen and oxygen atoms in total. The minimum atomic E-state index is -0.448. The minimum Gasteiger partial charge on any atom is -0.444 e. The molecule has 8 heteroatoms. The van der Waals surface area contributed by atoms with Crippen LogP contribution in [-0.2, 0) is 4.74 Å². The van der Waals surface area contributed by atoms with Gasteiger partial charge in [0.1, 0.15) is 11.3 Å². The second-order valence-corrected chi connectivity index (χ2v) is 11.0. The van der Waals surface area contributed by atoms with Gasteiger partial charge < -0.3 is 9.64 Å². The van der Waals surface area contributed by atoms with E-state index in [2.05, 4.69) is 56.5 Å². The van der Waals surface area contributed by atoms with Crippen LogP contribution >= 0.6 is 22.6 Å². The van der Waals surface area contributed by atoms with Gasteiger partial charge in [0.25, 0.3) is 0 Å². The van der Waals surface area contributed by atoms with Crippen LogP contribution in [0.1, 0.15) is 45.3 Å². The Hall–Kier alpha value is -2.23. The van der Waals surface area contributed by atoms with Crippen molar-refractivity contribution in [3.8, 4) is 11.3 Å². The Morgan fingerprint density at radius 3 is 2.68 bits per heavy atom. The van der Waals surface area contributed by atoms with Crippen molar-refractivity contribution < 1.29 is 9.53 Å². The van der Waals surface area contributed by atoms with E-state index in [1.54, 1.807) is 6.20 Å². The standard InChI is InChI=1S/C23H26IN5O2/c1-14-19(24)20(16-5-6-18-15(9-16)7-8-25-26-18)27-29(14)17-10-23(11-17)12-28(13-23)21(30)31-22(2,3)4/h5-9,17H,10-13H2,1-4H3. The Kier molecular flexibility index (Phi) is 4.76. The second-order valence-electron chi connectivity index (χ2n) is 9.90. The first-order valence-corrected chi connectivity index (χ1v) is 11.7. The Bertz CT molecular complexity index is 1170. The highest BCUT2D eigenvalue weighted by Crippen LogP contribution is 2.54. The summed E-state index contributed by atoms with van der Waals surface area (Å²) in [6.45, 7) is 9.43. The summed E-state index contributed by atoms with van der Waals surface area (Å²) in [5.41, 5.74) is 3.98. The van der Waals surface area contributed by atoms with Crippen LogP contribution in [-0.4, -0.2) is 49.7 Å². The van der Waals surface area contributed by atoms with Crippen LogP contribution in [0, 0.1) is 15.9 Å². The largest absolute Gasteiger partial charge is 0.444 e. The number of ether oxygens (including phenoxy) is 1. The average Bonchev–Trinajstić information content (AvgIpc) is 2.93. The summed E-state index contributed by atoms with van der Waals surface area (Å²) < 4.78 is 8.86. The molecular formula is C23H26IN5O2. The quantitative estimate of drug-likeness (QED) is 0.437. The molecule has 1 aliphatic heterocycles. The molecule has 0 unspecified atom stereocenters. The van der Waals surface area contributed by atoms with Gasteiger partial charge in [-0.2, -0.15) is 15.3 Å². The maximum Gasteiger partial charge on any atom is 0.410 e. The number of hydrogen-bond acceptors (Lipinski definition) is 5. The first kappa shape index (κ1) is 20.7. The van der Waals surface area contributed by atoms with Gasteiger partial charge in [-0.1, -0.05) is 6.07 Å². The minimum absolute atomic E-state index is 0.199. The number of rotatable bonds is 2. The summed E-state index contributed by atoms with van der Waals surface area (Å²) in [4.78, 5) is 14.1. The molecular weight excluding hydrogens is 505 g/mol. The Morgan fingerprint density at radius 1 is 1.23 bits per heavy atom.